The van der Waals surface area contributed by atoms with Gasteiger partial charge in [-0.1, -0.05) is 64.9 Å². The van der Waals surface area contributed by atoms with Crippen molar-refractivity contribution < 1.29 is 0 Å². The topological polar surface area (TPSA) is 56.0 Å². The van der Waals surface area contributed by atoms with E-state index in [0.717, 1.165) is 63.7 Å². The lowest BCUT2D eigenvalue weighted by atomic mass is 10.2. The summed E-state index contributed by atoms with van der Waals surface area (Å²) in [6, 6.07) is 20.6. The number of aliphatic imine (C=N–C) groups is 1. The van der Waals surface area contributed by atoms with Crippen LogP contribution in [0, 0.1) is 6.92 Å². The Bertz CT molecular complexity index is 1650. The van der Waals surface area contributed by atoms with Gasteiger partial charge in [-0.2, -0.15) is 0 Å². The fourth-order valence-electron chi connectivity index (χ4n) is 3.85. The maximum absolute atomic E-state index is 4.95. The second-order valence-electron chi connectivity index (χ2n) is 8.30. The molecule has 0 amide bonds. The first-order valence-electron chi connectivity index (χ1n) is 11.8. The summed E-state index contributed by atoms with van der Waals surface area (Å²) in [6.07, 6.45) is 3.79. The number of rotatable bonds is 8. The predicted molar refractivity (Wildman–Crippen MR) is 175 cm³/mol. The van der Waals surface area contributed by atoms with E-state index in [2.05, 4.69) is 83.5 Å². The number of fused-ring (bicyclic) bond motifs is 1. The number of hydrogen-bond acceptors (Lipinski definition) is 8. The first kappa shape index (κ1) is 27.6. The van der Waals surface area contributed by atoms with Crippen molar-refractivity contribution >= 4 is 89.1 Å². The number of thioether (sulfide) groups is 1. The highest BCUT2D eigenvalue weighted by Crippen LogP contribution is 2.40. The molecule has 0 saturated heterocycles. The molecule has 3 heterocycles. The van der Waals surface area contributed by atoms with Crippen molar-refractivity contribution in [2.75, 3.05) is 5.75 Å². The Balaban J connectivity index is 1.36. The van der Waals surface area contributed by atoms with Crippen LogP contribution >= 0.6 is 68.6 Å². The largest absolute Gasteiger partial charge is 0.312 e. The number of benzene rings is 2. The molecule has 0 fully saturated rings. The molecule has 3 aromatic heterocycles. The van der Waals surface area contributed by atoms with Crippen LogP contribution in [0.4, 0.5) is 5.69 Å². The smallest absolute Gasteiger partial charge is 0.160 e. The van der Waals surface area contributed by atoms with Crippen LogP contribution in [0.3, 0.4) is 0 Å². The van der Waals surface area contributed by atoms with Crippen LogP contribution in [0.15, 0.2) is 97.6 Å². The van der Waals surface area contributed by atoms with E-state index in [9.17, 15) is 0 Å². The molecule has 0 aliphatic carbocycles. The molecule has 0 radical (unpaired) electrons. The number of hydrogen-bond donors (Lipinski definition) is 1. The second kappa shape index (κ2) is 12.5. The molecule has 5 nitrogen and oxygen atoms in total. The van der Waals surface area contributed by atoms with E-state index in [1.165, 1.54) is 4.90 Å². The zero-order valence-corrected chi connectivity index (χ0v) is 26.4. The maximum Gasteiger partial charge on any atom is 0.160 e. The average Bonchev–Trinajstić information content (AvgIpc) is 3.25. The van der Waals surface area contributed by atoms with Gasteiger partial charge in [0.15, 0.2) is 5.65 Å². The number of aromatic nitrogens is 4. The summed E-state index contributed by atoms with van der Waals surface area (Å²) >= 11 is 8.77. The Hall–Kier alpha value is -1.99. The molecule has 0 saturated carbocycles. The Kier molecular flexibility index (Phi) is 9.04. The number of thiol groups is 1. The van der Waals surface area contributed by atoms with Gasteiger partial charge in [0, 0.05) is 50.2 Å². The van der Waals surface area contributed by atoms with Gasteiger partial charge >= 0.3 is 0 Å². The van der Waals surface area contributed by atoms with E-state index in [-0.39, 0.29) is 0 Å². The Labute approximate surface area is 253 Å². The second-order valence-corrected chi connectivity index (χ2v) is 13.4. The Morgan fingerprint density at radius 2 is 1.71 bits per heavy atom. The van der Waals surface area contributed by atoms with Crippen molar-refractivity contribution in [3.8, 4) is 11.4 Å². The summed E-state index contributed by atoms with van der Waals surface area (Å²) in [6.45, 7) is 4.16. The van der Waals surface area contributed by atoms with Crippen LogP contribution in [-0.4, -0.2) is 29.0 Å². The minimum absolute atomic E-state index is 0.843. The molecule has 0 unspecified atom stereocenters. The van der Waals surface area contributed by atoms with Gasteiger partial charge in [-0.15, -0.1) is 24.4 Å². The van der Waals surface area contributed by atoms with Crippen molar-refractivity contribution in [3.63, 3.8) is 0 Å². The zero-order chi connectivity index (χ0) is 26.6. The first-order chi connectivity index (χ1) is 18.4. The highest BCUT2D eigenvalue weighted by molar-refractivity contribution is 14.1. The SMILES string of the molecule is CCSc1ccccc1/C(I)=N/c1cc(SSc2cnc3c(c2)nc(-c2ccccc2S)n3C)cnc1C. The molecule has 0 bridgehead atoms. The van der Waals surface area contributed by atoms with E-state index < -0.39 is 0 Å². The van der Waals surface area contributed by atoms with Gasteiger partial charge in [-0.25, -0.2) is 15.0 Å². The summed E-state index contributed by atoms with van der Waals surface area (Å²) in [5.41, 5.74) is 5.63. The third kappa shape index (κ3) is 6.09. The summed E-state index contributed by atoms with van der Waals surface area (Å²) < 4.78 is 2.97. The van der Waals surface area contributed by atoms with E-state index in [0.29, 0.717) is 0 Å². The number of pyridine rings is 2. The fraction of sp³-hybridized carbons (Fsp3) is 0.143. The molecule has 0 spiro atoms. The molecule has 0 aliphatic rings. The summed E-state index contributed by atoms with van der Waals surface area (Å²) in [7, 11) is 5.26. The van der Waals surface area contributed by atoms with Gasteiger partial charge in [-0.05, 0) is 59.5 Å². The number of halogens is 1. The lowest BCUT2D eigenvalue weighted by Gasteiger charge is -2.08. The van der Waals surface area contributed by atoms with Gasteiger partial charge in [0.05, 0.1) is 11.4 Å². The normalized spacial score (nSPS) is 11.9. The molecule has 10 heteroatoms. The summed E-state index contributed by atoms with van der Waals surface area (Å²) in [5, 5.41) is 0. The van der Waals surface area contributed by atoms with Crippen LogP contribution in [0.5, 0.6) is 0 Å². The van der Waals surface area contributed by atoms with Gasteiger partial charge in [0.1, 0.15) is 15.1 Å². The lowest BCUT2D eigenvalue weighted by Crippen LogP contribution is -1.94. The van der Waals surface area contributed by atoms with Crippen LogP contribution in [0.1, 0.15) is 18.2 Å². The average molecular weight is 686 g/mol. The van der Waals surface area contributed by atoms with Crippen LogP contribution in [0.25, 0.3) is 22.6 Å². The third-order valence-corrected chi connectivity index (χ3v) is 10.2. The van der Waals surface area contributed by atoms with E-state index >= 15 is 0 Å². The number of nitrogens with zero attached hydrogens (tertiary/aromatic N) is 5. The number of aryl methyl sites for hydroxylation is 2. The first-order valence-corrected chi connectivity index (χ1v) is 16.5. The van der Waals surface area contributed by atoms with Crippen molar-refractivity contribution in [2.45, 2.75) is 33.4 Å². The van der Waals surface area contributed by atoms with Gasteiger partial charge in [0.25, 0.3) is 0 Å². The van der Waals surface area contributed by atoms with Gasteiger partial charge < -0.3 is 4.57 Å². The van der Waals surface area contributed by atoms with Crippen molar-refractivity contribution in [3.05, 3.63) is 84.3 Å². The molecule has 0 aliphatic heterocycles. The summed E-state index contributed by atoms with van der Waals surface area (Å²) in [4.78, 5) is 23.3. The highest BCUT2D eigenvalue weighted by atomic mass is 127. The minimum Gasteiger partial charge on any atom is -0.312 e. The maximum atomic E-state index is 4.95. The van der Waals surface area contributed by atoms with Gasteiger partial charge in [-0.3, -0.25) is 4.98 Å². The Morgan fingerprint density at radius 3 is 2.50 bits per heavy atom. The van der Waals surface area contributed by atoms with Crippen molar-refractivity contribution in [1.82, 2.24) is 19.5 Å². The van der Waals surface area contributed by atoms with Crippen molar-refractivity contribution in [1.29, 1.82) is 0 Å². The zero-order valence-electron chi connectivity index (χ0n) is 20.9. The van der Waals surface area contributed by atoms with Gasteiger partial charge in [0.2, 0.25) is 0 Å². The lowest BCUT2D eigenvalue weighted by molar-refractivity contribution is 0.937. The molecular weight excluding hydrogens is 662 g/mol. The quantitative estimate of drug-likeness (QED) is 0.0579. The molecular formula is C28H24IN5S4. The summed E-state index contributed by atoms with van der Waals surface area (Å²) in [5.74, 6) is 1.88. The standard InChI is InChI=1S/C28H24IN5S4/c1-4-36-25-12-8-6-10-21(25)26(29)32-22-13-18(15-30-17(22)2)37-38-19-14-23-28(31-16-19)34(3)27(33-23)20-9-5-7-11-24(20)35/h5-16,35H,4H2,1-3H3/b32-26-. The highest BCUT2D eigenvalue weighted by Gasteiger charge is 2.14. The fourth-order valence-corrected chi connectivity index (χ4v) is 7.66. The molecule has 5 aromatic rings. The van der Waals surface area contributed by atoms with Crippen LogP contribution < -0.4 is 0 Å². The molecule has 5 rings (SSSR count). The molecule has 0 N–H and O–H groups in total. The molecule has 192 valence electrons. The Morgan fingerprint density at radius 1 is 1.00 bits per heavy atom. The van der Waals surface area contributed by atoms with E-state index in [4.69, 9.17) is 15.0 Å². The van der Waals surface area contributed by atoms with Crippen LogP contribution in [0.2, 0.25) is 0 Å². The molecule has 2 aromatic carbocycles. The number of imidazole rings is 1. The monoisotopic (exact) mass is 685 g/mol. The minimum atomic E-state index is 0.843. The van der Waals surface area contributed by atoms with Crippen LogP contribution in [-0.2, 0) is 7.05 Å². The van der Waals surface area contributed by atoms with E-state index in [1.54, 1.807) is 21.6 Å². The van der Waals surface area contributed by atoms with Crippen molar-refractivity contribution in [2.24, 2.45) is 12.0 Å². The predicted octanol–water partition coefficient (Wildman–Crippen LogP) is 9.05. The molecule has 38 heavy (non-hydrogen) atoms. The van der Waals surface area contributed by atoms with E-state index in [1.807, 2.05) is 67.0 Å². The third-order valence-electron chi connectivity index (χ3n) is 5.73. The molecule has 0 atom stereocenters.